The van der Waals surface area contributed by atoms with Gasteiger partial charge >= 0.3 is 0 Å². The summed E-state index contributed by atoms with van der Waals surface area (Å²) in [7, 11) is -3.79. The molecule has 0 saturated heterocycles. The Morgan fingerprint density at radius 3 is 2.45 bits per heavy atom. The van der Waals surface area contributed by atoms with Crippen molar-refractivity contribution in [3.8, 4) is 27.3 Å². The zero-order valence-electron chi connectivity index (χ0n) is 16.5. The first-order valence-electron chi connectivity index (χ1n) is 9.87. The van der Waals surface area contributed by atoms with Crippen molar-refractivity contribution >= 4 is 31.4 Å². The standard InChI is InChI=1S/C24H19NO4S2/c25-31(27,28)18-10-7-15(8-11-18)24-22(23(26)19-5-1-2-6-21(19)30-24)17-9-12-20-16(14-17)4-3-13-29-20/h1-2,5-12,14H,3-4,13H2,(H2,25,27,28). The van der Waals surface area contributed by atoms with E-state index >= 15 is 0 Å². The molecule has 7 heteroatoms. The van der Waals surface area contributed by atoms with Crippen molar-refractivity contribution in [1.82, 2.24) is 0 Å². The molecule has 0 radical (unpaired) electrons. The van der Waals surface area contributed by atoms with Gasteiger partial charge in [0.2, 0.25) is 10.0 Å². The van der Waals surface area contributed by atoms with Gasteiger partial charge in [0, 0.05) is 20.5 Å². The van der Waals surface area contributed by atoms with Gasteiger partial charge in [0.1, 0.15) is 5.75 Å². The van der Waals surface area contributed by atoms with Crippen LogP contribution < -0.4 is 15.3 Å². The van der Waals surface area contributed by atoms with E-state index in [9.17, 15) is 13.2 Å². The number of aryl methyl sites for hydroxylation is 1. The van der Waals surface area contributed by atoms with E-state index in [1.54, 1.807) is 12.1 Å². The third kappa shape index (κ3) is 3.65. The van der Waals surface area contributed by atoms with Crippen LogP contribution in [0.2, 0.25) is 0 Å². The molecule has 5 rings (SSSR count). The first-order valence-corrected chi connectivity index (χ1v) is 12.2. The summed E-state index contributed by atoms with van der Waals surface area (Å²) in [5.41, 5.74) is 3.26. The number of hydrogen-bond donors (Lipinski definition) is 1. The predicted molar refractivity (Wildman–Crippen MR) is 124 cm³/mol. The molecule has 1 aliphatic heterocycles. The molecule has 156 valence electrons. The zero-order chi connectivity index (χ0) is 21.6. The smallest absolute Gasteiger partial charge is 0.238 e. The molecule has 0 aliphatic carbocycles. The lowest BCUT2D eigenvalue weighted by molar-refractivity contribution is 0.288. The second-order valence-corrected chi connectivity index (χ2v) is 10.1. The summed E-state index contributed by atoms with van der Waals surface area (Å²) in [5.74, 6) is 0.867. The van der Waals surface area contributed by atoms with Gasteiger partial charge in [0.05, 0.1) is 11.5 Å². The molecule has 1 aliphatic rings. The highest BCUT2D eigenvalue weighted by atomic mass is 32.2. The second kappa shape index (κ2) is 7.60. The van der Waals surface area contributed by atoms with Gasteiger partial charge in [-0.15, -0.1) is 11.3 Å². The maximum Gasteiger partial charge on any atom is 0.238 e. The molecule has 0 atom stereocenters. The van der Waals surface area contributed by atoms with E-state index in [-0.39, 0.29) is 10.3 Å². The first kappa shape index (κ1) is 19.9. The fourth-order valence-electron chi connectivity index (χ4n) is 3.92. The summed E-state index contributed by atoms with van der Waals surface area (Å²) < 4.78 is 29.9. The van der Waals surface area contributed by atoms with E-state index in [0.29, 0.717) is 17.6 Å². The number of benzene rings is 3. The fraction of sp³-hybridized carbons (Fsp3) is 0.125. The van der Waals surface area contributed by atoms with Crippen molar-refractivity contribution in [2.24, 2.45) is 5.14 Å². The van der Waals surface area contributed by atoms with E-state index in [0.717, 1.165) is 44.9 Å². The average Bonchev–Trinajstić information content (AvgIpc) is 2.78. The maximum atomic E-state index is 13.6. The molecule has 2 heterocycles. The van der Waals surface area contributed by atoms with E-state index in [1.807, 2.05) is 42.5 Å². The van der Waals surface area contributed by atoms with Crippen molar-refractivity contribution < 1.29 is 13.2 Å². The van der Waals surface area contributed by atoms with Gasteiger partial charge in [-0.05, 0) is 65.9 Å². The average molecular weight is 450 g/mol. The molecule has 4 aromatic rings. The Hall–Kier alpha value is -3.00. The number of fused-ring (bicyclic) bond motifs is 2. The van der Waals surface area contributed by atoms with Gasteiger partial charge in [0.25, 0.3) is 0 Å². The van der Waals surface area contributed by atoms with Crippen LogP contribution in [-0.2, 0) is 16.4 Å². The SMILES string of the molecule is NS(=O)(=O)c1ccc(-c2sc3ccccc3c(=O)c2-c2ccc3c(c2)CCCO3)cc1. The highest BCUT2D eigenvalue weighted by Crippen LogP contribution is 2.39. The molecule has 2 N–H and O–H groups in total. The van der Waals surface area contributed by atoms with Crippen LogP contribution in [0.3, 0.4) is 0 Å². The third-order valence-corrected chi connectivity index (χ3v) is 7.59. The van der Waals surface area contributed by atoms with Crippen molar-refractivity contribution in [2.75, 3.05) is 6.61 Å². The van der Waals surface area contributed by atoms with Gasteiger partial charge in [-0.1, -0.05) is 30.3 Å². The van der Waals surface area contributed by atoms with Crippen LogP contribution in [0.5, 0.6) is 5.75 Å². The van der Waals surface area contributed by atoms with Gasteiger partial charge in [-0.3, -0.25) is 4.79 Å². The fourth-order valence-corrected chi connectivity index (χ4v) is 5.64. The third-order valence-electron chi connectivity index (χ3n) is 5.44. The number of hydrogen-bond acceptors (Lipinski definition) is 5. The molecule has 0 spiro atoms. The van der Waals surface area contributed by atoms with Crippen molar-refractivity contribution in [1.29, 1.82) is 0 Å². The van der Waals surface area contributed by atoms with Crippen LogP contribution in [0.1, 0.15) is 12.0 Å². The van der Waals surface area contributed by atoms with Crippen molar-refractivity contribution in [2.45, 2.75) is 17.7 Å². The Kier molecular flexibility index (Phi) is 4.89. The second-order valence-electron chi connectivity index (χ2n) is 7.48. The number of ether oxygens (including phenoxy) is 1. The summed E-state index contributed by atoms with van der Waals surface area (Å²) in [6.07, 6.45) is 1.86. The Bertz CT molecular complexity index is 1470. The summed E-state index contributed by atoms with van der Waals surface area (Å²) in [5, 5.41) is 5.91. The summed E-state index contributed by atoms with van der Waals surface area (Å²) in [6, 6.07) is 19.8. The van der Waals surface area contributed by atoms with E-state index < -0.39 is 10.0 Å². The predicted octanol–water partition coefficient (Wildman–Crippen LogP) is 4.57. The molecule has 31 heavy (non-hydrogen) atoms. The Labute approximate surface area is 183 Å². The maximum absolute atomic E-state index is 13.6. The van der Waals surface area contributed by atoms with Crippen LogP contribution in [0.25, 0.3) is 31.7 Å². The lowest BCUT2D eigenvalue weighted by atomic mass is 9.96. The molecule has 3 aromatic carbocycles. The largest absolute Gasteiger partial charge is 0.493 e. The summed E-state index contributed by atoms with van der Waals surface area (Å²) in [6.45, 7) is 0.707. The zero-order valence-corrected chi connectivity index (χ0v) is 18.1. The van der Waals surface area contributed by atoms with E-state index in [1.165, 1.54) is 23.5 Å². The molecule has 0 fully saturated rings. The number of sulfonamides is 1. The molecule has 0 bridgehead atoms. The van der Waals surface area contributed by atoms with Crippen LogP contribution in [0.4, 0.5) is 0 Å². The summed E-state index contributed by atoms with van der Waals surface area (Å²) in [4.78, 5) is 14.4. The minimum Gasteiger partial charge on any atom is -0.493 e. The van der Waals surface area contributed by atoms with E-state index in [4.69, 9.17) is 9.88 Å². The van der Waals surface area contributed by atoms with Crippen LogP contribution in [-0.4, -0.2) is 15.0 Å². The minimum absolute atomic E-state index is 0.0388. The van der Waals surface area contributed by atoms with Gasteiger partial charge < -0.3 is 4.74 Å². The monoisotopic (exact) mass is 449 g/mol. The Balaban J connectivity index is 1.77. The molecular weight excluding hydrogens is 430 g/mol. The van der Waals surface area contributed by atoms with Crippen molar-refractivity contribution in [3.05, 3.63) is 82.5 Å². The lowest BCUT2D eigenvalue weighted by Gasteiger charge is -2.19. The van der Waals surface area contributed by atoms with Crippen LogP contribution >= 0.6 is 11.3 Å². The minimum atomic E-state index is -3.79. The topological polar surface area (TPSA) is 86.5 Å². The molecule has 0 unspecified atom stereocenters. The lowest BCUT2D eigenvalue weighted by Crippen LogP contribution is -2.12. The van der Waals surface area contributed by atoms with E-state index in [2.05, 4.69) is 0 Å². The normalized spacial score (nSPS) is 13.6. The quantitative estimate of drug-likeness (QED) is 0.496. The highest BCUT2D eigenvalue weighted by molar-refractivity contribution is 7.89. The van der Waals surface area contributed by atoms with Crippen molar-refractivity contribution in [3.63, 3.8) is 0 Å². The molecular formula is C24H19NO4S2. The Morgan fingerprint density at radius 1 is 0.935 bits per heavy atom. The number of rotatable bonds is 3. The number of primary sulfonamides is 1. The first-order chi connectivity index (χ1) is 14.9. The number of nitrogens with two attached hydrogens (primary N) is 1. The van der Waals surface area contributed by atoms with Gasteiger partial charge in [-0.25, -0.2) is 13.6 Å². The molecule has 5 nitrogen and oxygen atoms in total. The van der Waals surface area contributed by atoms with Gasteiger partial charge in [-0.2, -0.15) is 0 Å². The summed E-state index contributed by atoms with van der Waals surface area (Å²) >= 11 is 1.51. The molecule has 0 saturated carbocycles. The van der Waals surface area contributed by atoms with Crippen LogP contribution in [0, 0.1) is 0 Å². The Morgan fingerprint density at radius 2 is 1.68 bits per heavy atom. The highest BCUT2D eigenvalue weighted by Gasteiger charge is 2.19. The van der Waals surface area contributed by atoms with Gasteiger partial charge in [0.15, 0.2) is 5.43 Å². The molecule has 0 amide bonds. The van der Waals surface area contributed by atoms with Crippen LogP contribution in [0.15, 0.2) is 76.4 Å². The molecule has 1 aromatic heterocycles.